The fraction of sp³-hybridized carbons (Fsp3) is 0.579. The van der Waals surface area contributed by atoms with Gasteiger partial charge in [-0.15, -0.1) is 0 Å². The van der Waals surface area contributed by atoms with Crippen molar-refractivity contribution in [2.75, 3.05) is 13.7 Å². The maximum absolute atomic E-state index is 12.1. The van der Waals surface area contributed by atoms with Crippen LogP contribution in [-0.2, 0) is 16.1 Å². The topological polar surface area (TPSA) is 66.8 Å². The molecule has 5 heteroatoms. The number of aromatic carboxylic acids is 1. The smallest absolute Gasteiger partial charge is 0.335 e. The van der Waals surface area contributed by atoms with Crippen LogP contribution in [0.4, 0.5) is 0 Å². The summed E-state index contributed by atoms with van der Waals surface area (Å²) in [6, 6.07) is 6.95. The third-order valence-electron chi connectivity index (χ3n) is 4.99. The van der Waals surface area contributed by atoms with Gasteiger partial charge in [0.05, 0.1) is 18.6 Å². The lowest BCUT2D eigenvalue weighted by molar-refractivity contribution is -0.147. The third-order valence-corrected chi connectivity index (χ3v) is 4.99. The first kappa shape index (κ1) is 18.5. The molecule has 1 aromatic carbocycles. The number of esters is 1. The van der Waals surface area contributed by atoms with Gasteiger partial charge >= 0.3 is 11.9 Å². The van der Waals surface area contributed by atoms with Crippen LogP contribution in [0.1, 0.15) is 61.4 Å². The predicted octanol–water partition coefficient (Wildman–Crippen LogP) is 3.47. The fourth-order valence-corrected chi connectivity index (χ4v) is 3.58. The van der Waals surface area contributed by atoms with Gasteiger partial charge in [-0.1, -0.05) is 31.4 Å². The molecule has 0 bridgehead atoms. The third kappa shape index (κ3) is 4.57. The first-order valence-corrected chi connectivity index (χ1v) is 8.66. The molecule has 0 aliphatic heterocycles. The molecule has 5 nitrogen and oxygen atoms in total. The quantitative estimate of drug-likeness (QED) is 0.774. The van der Waals surface area contributed by atoms with Gasteiger partial charge in [0.2, 0.25) is 0 Å². The van der Waals surface area contributed by atoms with Crippen molar-refractivity contribution in [3.05, 3.63) is 35.4 Å². The van der Waals surface area contributed by atoms with E-state index in [1.54, 1.807) is 12.1 Å². The zero-order valence-corrected chi connectivity index (χ0v) is 14.6. The molecule has 1 fully saturated rings. The van der Waals surface area contributed by atoms with E-state index in [2.05, 4.69) is 11.9 Å². The minimum Gasteiger partial charge on any atom is -0.478 e. The Bertz CT molecular complexity index is 561. The van der Waals surface area contributed by atoms with Gasteiger partial charge in [-0.05, 0) is 44.5 Å². The number of benzene rings is 1. The Labute approximate surface area is 143 Å². The molecule has 2 rings (SSSR count). The highest BCUT2D eigenvalue weighted by atomic mass is 16.5. The summed E-state index contributed by atoms with van der Waals surface area (Å²) >= 11 is 0. The van der Waals surface area contributed by atoms with Gasteiger partial charge < -0.3 is 9.84 Å². The van der Waals surface area contributed by atoms with E-state index >= 15 is 0 Å². The van der Waals surface area contributed by atoms with Gasteiger partial charge in [0.1, 0.15) is 0 Å². The van der Waals surface area contributed by atoms with Crippen molar-refractivity contribution >= 4 is 11.9 Å². The first-order valence-electron chi connectivity index (χ1n) is 8.66. The zero-order valence-electron chi connectivity index (χ0n) is 14.6. The largest absolute Gasteiger partial charge is 0.478 e. The maximum Gasteiger partial charge on any atom is 0.335 e. The van der Waals surface area contributed by atoms with Crippen molar-refractivity contribution in [1.29, 1.82) is 0 Å². The zero-order chi connectivity index (χ0) is 17.6. The first-order chi connectivity index (χ1) is 11.5. The summed E-state index contributed by atoms with van der Waals surface area (Å²) in [6.45, 7) is 2.94. The molecule has 0 atom stereocenters. The van der Waals surface area contributed by atoms with E-state index in [4.69, 9.17) is 9.84 Å². The van der Waals surface area contributed by atoms with E-state index in [1.165, 1.54) is 6.42 Å². The number of hydrogen-bond acceptors (Lipinski definition) is 4. The van der Waals surface area contributed by atoms with Gasteiger partial charge in [-0.25, -0.2) is 4.79 Å². The number of rotatable bonds is 7. The lowest BCUT2D eigenvalue weighted by Crippen LogP contribution is -2.49. The van der Waals surface area contributed by atoms with E-state index in [-0.39, 0.29) is 11.5 Å². The van der Waals surface area contributed by atoms with E-state index in [9.17, 15) is 9.59 Å². The molecule has 0 spiro atoms. The Morgan fingerprint density at radius 1 is 1.17 bits per heavy atom. The minimum atomic E-state index is -0.916. The molecule has 24 heavy (non-hydrogen) atoms. The average molecular weight is 333 g/mol. The summed E-state index contributed by atoms with van der Waals surface area (Å²) in [5.74, 6) is -1.05. The Kier molecular flexibility index (Phi) is 6.37. The molecule has 0 unspecified atom stereocenters. The highest BCUT2D eigenvalue weighted by Crippen LogP contribution is 2.37. The van der Waals surface area contributed by atoms with Crippen LogP contribution in [-0.4, -0.2) is 41.1 Å². The van der Waals surface area contributed by atoms with Gasteiger partial charge in [0, 0.05) is 12.1 Å². The van der Waals surface area contributed by atoms with Crippen LogP contribution in [0.2, 0.25) is 0 Å². The lowest BCUT2D eigenvalue weighted by atomic mass is 9.78. The lowest BCUT2D eigenvalue weighted by Gasteiger charge is -2.44. The Balaban J connectivity index is 2.10. The number of carbonyl (C=O) groups excluding carboxylic acids is 1. The number of hydrogen-bond donors (Lipinski definition) is 1. The van der Waals surface area contributed by atoms with Crippen molar-refractivity contribution in [3.63, 3.8) is 0 Å². The van der Waals surface area contributed by atoms with Gasteiger partial charge in [0.25, 0.3) is 0 Å². The summed E-state index contributed by atoms with van der Waals surface area (Å²) in [7, 11) is 2.05. The van der Waals surface area contributed by atoms with Gasteiger partial charge in [-0.3, -0.25) is 9.69 Å². The molecule has 0 aromatic heterocycles. The summed E-state index contributed by atoms with van der Waals surface area (Å²) < 4.78 is 5.18. The summed E-state index contributed by atoms with van der Waals surface area (Å²) in [4.78, 5) is 25.3. The summed E-state index contributed by atoms with van der Waals surface area (Å²) in [5, 5.41) is 8.99. The molecular weight excluding hydrogens is 306 g/mol. The van der Waals surface area contributed by atoms with Crippen LogP contribution in [0.15, 0.2) is 24.3 Å². The van der Waals surface area contributed by atoms with Crippen LogP contribution in [0.3, 0.4) is 0 Å². The molecule has 1 aliphatic rings. The molecule has 1 saturated carbocycles. The van der Waals surface area contributed by atoms with Gasteiger partial charge in [0.15, 0.2) is 0 Å². The number of carboxylic acids is 1. The Morgan fingerprint density at radius 3 is 2.33 bits per heavy atom. The molecule has 0 heterocycles. The molecule has 0 amide bonds. The maximum atomic E-state index is 12.1. The molecule has 0 saturated heterocycles. The molecule has 1 aliphatic carbocycles. The van der Waals surface area contributed by atoms with Crippen molar-refractivity contribution in [2.24, 2.45) is 0 Å². The van der Waals surface area contributed by atoms with Crippen LogP contribution in [0.5, 0.6) is 0 Å². The average Bonchev–Trinajstić information content (AvgIpc) is 2.56. The van der Waals surface area contributed by atoms with Gasteiger partial charge in [-0.2, -0.15) is 0 Å². The number of carbonyl (C=O) groups is 2. The predicted molar refractivity (Wildman–Crippen MR) is 91.9 cm³/mol. The second-order valence-electron chi connectivity index (χ2n) is 6.62. The number of ether oxygens (including phenoxy) is 1. The number of nitrogens with zero attached hydrogens (tertiary/aromatic N) is 1. The molecule has 1 aromatic rings. The summed E-state index contributed by atoms with van der Waals surface area (Å²) in [6.07, 6.45) is 5.88. The normalized spacial score (nSPS) is 16.8. The van der Waals surface area contributed by atoms with Crippen LogP contribution in [0.25, 0.3) is 0 Å². The highest BCUT2D eigenvalue weighted by Gasteiger charge is 2.38. The SMILES string of the molecule is CCOC(=O)CC1(N(C)Cc2ccc(C(=O)O)cc2)CCCCC1. The molecule has 0 radical (unpaired) electrons. The van der Waals surface area contributed by atoms with Crippen LogP contribution in [0, 0.1) is 0 Å². The summed E-state index contributed by atoms with van der Waals surface area (Å²) in [5.41, 5.74) is 1.19. The van der Waals surface area contributed by atoms with E-state index < -0.39 is 5.97 Å². The van der Waals surface area contributed by atoms with E-state index in [0.717, 1.165) is 31.2 Å². The van der Waals surface area contributed by atoms with E-state index in [0.29, 0.717) is 25.1 Å². The van der Waals surface area contributed by atoms with Crippen molar-refractivity contribution in [2.45, 2.75) is 57.5 Å². The Hall–Kier alpha value is -1.88. The number of carboxylic acid groups (broad SMARTS) is 1. The monoisotopic (exact) mass is 333 g/mol. The standard InChI is InChI=1S/C19H27NO4/c1-3-24-17(21)13-19(11-5-4-6-12-19)20(2)14-15-7-9-16(10-8-15)18(22)23/h7-10H,3-6,11-14H2,1-2H3,(H,22,23). The van der Waals surface area contributed by atoms with Crippen LogP contribution < -0.4 is 0 Å². The molecule has 132 valence electrons. The van der Waals surface area contributed by atoms with Crippen molar-refractivity contribution < 1.29 is 19.4 Å². The second-order valence-corrected chi connectivity index (χ2v) is 6.62. The fourth-order valence-electron chi connectivity index (χ4n) is 3.58. The van der Waals surface area contributed by atoms with E-state index in [1.807, 2.05) is 19.1 Å². The van der Waals surface area contributed by atoms with Crippen LogP contribution >= 0.6 is 0 Å². The van der Waals surface area contributed by atoms with Crippen molar-refractivity contribution in [3.8, 4) is 0 Å². The molecule has 1 N–H and O–H groups in total. The second kappa shape index (κ2) is 8.29. The van der Waals surface area contributed by atoms with Crippen molar-refractivity contribution in [1.82, 2.24) is 4.90 Å². The molecular formula is C19H27NO4. The minimum absolute atomic E-state index is 0.132. The highest BCUT2D eigenvalue weighted by molar-refractivity contribution is 5.87. The Morgan fingerprint density at radius 2 is 1.79 bits per heavy atom.